The molecule has 0 saturated heterocycles. The van der Waals surface area contributed by atoms with Crippen LogP contribution in [0.1, 0.15) is 35.1 Å². The maximum absolute atomic E-state index is 12.4. The van der Waals surface area contributed by atoms with Crippen LogP contribution in [-0.2, 0) is 17.8 Å². The first-order valence-electron chi connectivity index (χ1n) is 8.87. The van der Waals surface area contributed by atoms with E-state index in [1.54, 1.807) is 13.0 Å². The lowest BCUT2D eigenvalue weighted by atomic mass is 9.97. The second-order valence-electron chi connectivity index (χ2n) is 6.24. The summed E-state index contributed by atoms with van der Waals surface area (Å²) in [6.45, 7) is 4.57. The molecule has 5 nitrogen and oxygen atoms in total. The van der Waals surface area contributed by atoms with Crippen LogP contribution >= 0.6 is 0 Å². The minimum Gasteiger partial charge on any atom is -0.375 e. The molecular formula is C22H21N3O2. The van der Waals surface area contributed by atoms with Gasteiger partial charge in [-0.25, -0.2) is 4.98 Å². The van der Waals surface area contributed by atoms with Gasteiger partial charge in [-0.05, 0) is 36.6 Å². The third kappa shape index (κ3) is 4.30. The fourth-order valence-electron chi connectivity index (χ4n) is 3.01. The molecule has 1 heterocycles. The molecule has 0 aliphatic heterocycles. The normalized spacial score (nSPS) is 10.6. The van der Waals surface area contributed by atoms with E-state index >= 15 is 0 Å². The van der Waals surface area contributed by atoms with Crippen molar-refractivity contribution in [2.75, 3.05) is 6.61 Å². The molecule has 0 amide bonds. The van der Waals surface area contributed by atoms with Gasteiger partial charge in [0, 0.05) is 18.6 Å². The average molecular weight is 359 g/mol. The van der Waals surface area contributed by atoms with Crippen molar-refractivity contribution in [3.05, 3.63) is 87.1 Å². The van der Waals surface area contributed by atoms with Gasteiger partial charge in [0.2, 0.25) is 0 Å². The van der Waals surface area contributed by atoms with E-state index in [1.165, 1.54) is 0 Å². The summed E-state index contributed by atoms with van der Waals surface area (Å²) in [4.78, 5) is 19.6. The molecule has 0 radical (unpaired) electrons. The second-order valence-corrected chi connectivity index (χ2v) is 6.24. The highest BCUT2D eigenvalue weighted by Gasteiger charge is 2.12. The fourth-order valence-corrected chi connectivity index (χ4v) is 3.01. The summed E-state index contributed by atoms with van der Waals surface area (Å²) < 4.78 is 5.46. The van der Waals surface area contributed by atoms with Gasteiger partial charge < -0.3 is 9.72 Å². The molecule has 0 saturated carbocycles. The average Bonchev–Trinajstić information content (AvgIpc) is 2.69. The van der Waals surface area contributed by atoms with Gasteiger partial charge in [-0.15, -0.1) is 0 Å². The third-order valence-corrected chi connectivity index (χ3v) is 4.36. The van der Waals surface area contributed by atoms with Gasteiger partial charge in [-0.1, -0.05) is 42.5 Å². The van der Waals surface area contributed by atoms with Crippen LogP contribution in [0, 0.1) is 18.3 Å². The lowest BCUT2D eigenvalue weighted by molar-refractivity contribution is 0.130. The monoisotopic (exact) mass is 359 g/mol. The Morgan fingerprint density at radius 2 is 1.89 bits per heavy atom. The van der Waals surface area contributed by atoms with E-state index in [4.69, 9.17) is 4.74 Å². The molecule has 3 rings (SSSR count). The molecule has 1 N–H and O–H groups in total. The van der Waals surface area contributed by atoms with Crippen LogP contribution in [0.5, 0.6) is 0 Å². The van der Waals surface area contributed by atoms with E-state index in [1.807, 2.05) is 49.4 Å². The van der Waals surface area contributed by atoms with Crippen molar-refractivity contribution < 1.29 is 4.74 Å². The summed E-state index contributed by atoms with van der Waals surface area (Å²) in [6, 6.07) is 17.6. The Labute approximate surface area is 158 Å². The van der Waals surface area contributed by atoms with Crippen LogP contribution in [-0.4, -0.2) is 16.6 Å². The number of benzene rings is 2. The van der Waals surface area contributed by atoms with Crippen molar-refractivity contribution in [1.29, 1.82) is 5.26 Å². The van der Waals surface area contributed by atoms with Crippen LogP contribution in [0.4, 0.5) is 0 Å². The molecule has 0 spiro atoms. The molecule has 0 bridgehead atoms. The largest absolute Gasteiger partial charge is 0.375 e. The van der Waals surface area contributed by atoms with Crippen LogP contribution in [0.25, 0.3) is 11.1 Å². The summed E-state index contributed by atoms with van der Waals surface area (Å²) in [5.74, 6) is 0.585. The number of hydrogen-bond acceptors (Lipinski definition) is 4. The van der Waals surface area contributed by atoms with E-state index < -0.39 is 0 Å². The number of aryl methyl sites for hydroxylation is 1. The maximum atomic E-state index is 12.4. The van der Waals surface area contributed by atoms with Gasteiger partial charge >= 0.3 is 0 Å². The molecule has 136 valence electrons. The number of nitrogens with zero attached hydrogens (tertiary/aromatic N) is 2. The zero-order chi connectivity index (χ0) is 19.2. The zero-order valence-corrected chi connectivity index (χ0v) is 15.5. The van der Waals surface area contributed by atoms with Gasteiger partial charge in [0.05, 0.1) is 23.9 Å². The van der Waals surface area contributed by atoms with Crippen molar-refractivity contribution >= 4 is 0 Å². The van der Waals surface area contributed by atoms with E-state index in [9.17, 15) is 10.1 Å². The second kappa shape index (κ2) is 8.43. The molecular weight excluding hydrogens is 338 g/mol. The smallest absolute Gasteiger partial charge is 0.254 e. The molecule has 0 aliphatic rings. The lowest BCUT2D eigenvalue weighted by Crippen LogP contribution is -2.20. The first-order valence-corrected chi connectivity index (χ1v) is 8.87. The van der Waals surface area contributed by atoms with Crippen molar-refractivity contribution in [3.63, 3.8) is 0 Å². The third-order valence-electron chi connectivity index (χ3n) is 4.36. The topological polar surface area (TPSA) is 78.8 Å². The van der Waals surface area contributed by atoms with Gasteiger partial charge in [-0.3, -0.25) is 4.79 Å². The summed E-state index contributed by atoms with van der Waals surface area (Å²) in [5, 5.41) is 9.28. The van der Waals surface area contributed by atoms with Crippen molar-refractivity contribution in [2.24, 2.45) is 0 Å². The number of aromatic amines is 1. The number of nitriles is 1. The van der Waals surface area contributed by atoms with Crippen LogP contribution < -0.4 is 5.56 Å². The Hall–Kier alpha value is -3.23. The van der Waals surface area contributed by atoms with E-state index in [-0.39, 0.29) is 5.56 Å². The van der Waals surface area contributed by atoms with E-state index in [2.05, 4.69) is 16.0 Å². The molecule has 0 fully saturated rings. The van der Waals surface area contributed by atoms with Gasteiger partial charge in [0.25, 0.3) is 5.56 Å². The van der Waals surface area contributed by atoms with Gasteiger partial charge in [0.15, 0.2) is 0 Å². The molecule has 0 atom stereocenters. The predicted molar refractivity (Wildman–Crippen MR) is 104 cm³/mol. The highest BCUT2D eigenvalue weighted by molar-refractivity contribution is 5.70. The first-order chi connectivity index (χ1) is 13.1. The molecule has 27 heavy (non-hydrogen) atoms. The highest BCUT2D eigenvalue weighted by atomic mass is 16.5. The quantitative estimate of drug-likeness (QED) is 0.727. The Balaban J connectivity index is 1.90. The molecule has 2 aromatic carbocycles. The molecule has 0 unspecified atom stereocenters. The Morgan fingerprint density at radius 1 is 1.15 bits per heavy atom. The Kier molecular flexibility index (Phi) is 5.80. The Bertz CT molecular complexity index is 1030. The summed E-state index contributed by atoms with van der Waals surface area (Å²) >= 11 is 0. The van der Waals surface area contributed by atoms with E-state index in [0.717, 1.165) is 16.7 Å². The maximum Gasteiger partial charge on any atom is 0.254 e. The summed E-state index contributed by atoms with van der Waals surface area (Å²) in [5.41, 5.74) is 4.69. The number of rotatable bonds is 6. The lowest BCUT2D eigenvalue weighted by Gasteiger charge is -2.10. The number of nitrogens with one attached hydrogen (secondary N) is 1. The molecule has 5 heteroatoms. The van der Waals surface area contributed by atoms with Crippen molar-refractivity contribution in [1.82, 2.24) is 9.97 Å². The summed E-state index contributed by atoms with van der Waals surface area (Å²) in [7, 11) is 0. The number of hydrogen-bond donors (Lipinski definition) is 1. The van der Waals surface area contributed by atoms with Gasteiger partial charge in [-0.2, -0.15) is 5.26 Å². The number of ether oxygens (including phenoxy) is 1. The standard InChI is InChI=1S/C22H21N3O2/c1-3-27-14-21-20(22(26)25-15(2)24-21)12-16-8-10-17(11-9-16)19-7-5-4-6-18(19)13-23/h4-11H,3,12,14H2,1-2H3,(H,24,25,26). The Morgan fingerprint density at radius 3 is 2.59 bits per heavy atom. The first kappa shape index (κ1) is 18.6. The fraction of sp³-hybridized carbons (Fsp3) is 0.227. The SMILES string of the molecule is CCOCc1nc(C)[nH]c(=O)c1Cc1ccc(-c2ccccc2C#N)cc1. The minimum absolute atomic E-state index is 0.129. The number of aromatic nitrogens is 2. The van der Waals surface area contributed by atoms with Crippen LogP contribution in [0.2, 0.25) is 0 Å². The minimum atomic E-state index is -0.129. The molecule has 0 aliphatic carbocycles. The molecule has 3 aromatic rings. The number of H-pyrrole nitrogens is 1. The van der Waals surface area contributed by atoms with Gasteiger partial charge in [0.1, 0.15) is 5.82 Å². The van der Waals surface area contributed by atoms with Crippen molar-refractivity contribution in [2.45, 2.75) is 26.9 Å². The zero-order valence-electron chi connectivity index (χ0n) is 15.5. The van der Waals surface area contributed by atoms with Crippen LogP contribution in [0.3, 0.4) is 0 Å². The van der Waals surface area contributed by atoms with E-state index in [0.29, 0.717) is 42.3 Å². The molecule has 1 aromatic heterocycles. The van der Waals surface area contributed by atoms with Crippen molar-refractivity contribution in [3.8, 4) is 17.2 Å². The highest BCUT2D eigenvalue weighted by Crippen LogP contribution is 2.24. The summed E-state index contributed by atoms with van der Waals surface area (Å²) in [6.07, 6.45) is 0.477. The predicted octanol–water partition coefficient (Wildman–Crippen LogP) is 3.74. The van der Waals surface area contributed by atoms with Crippen LogP contribution in [0.15, 0.2) is 53.3 Å².